The fourth-order valence-corrected chi connectivity index (χ4v) is 5.73. The molecule has 38 heavy (non-hydrogen) atoms. The lowest BCUT2D eigenvalue weighted by molar-refractivity contribution is 0.0728. The van der Waals surface area contributed by atoms with Crippen LogP contribution in [0.4, 0.5) is 17.7 Å². The van der Waals surface area contributed by atoms with E-state index in [1.165, 1.54) is 24.1 Å². The van der Waals surface area contributed by atoms with E-state index in [4.69, 9.17) is 11.2 Å². The number of terminal acetylenes is 1. The zero-order valence-corrected chi connectivity index (χ0v) is 21.5. The molecule has 0 saturated carbocycles. The lowest BCUT2D eigenvalue weighted by atomic mass is 9.74. The molecule has 1 heterocycles. The van der Waals surface area contributed by atoms with E-state index in [1.807, 2.05) is 24.3 Å². The molecule has 4 nitrogen and oxygen atoms in total. The predicted octanol–water partition coefficient (Wildman–Crippen LogP) is 5.41. The molecule has 3 aromatic rings. The molecule has 1 aliphatic heterocycles. The molecule has 0 bridgehead atoms. The van der Waals surface area contributed by atoms with Gasteiger partial charge in [-0.2, -0.15) is 0 Å². The van der Waals surface area contributed by atoms with Gasteiger partial charge < -0.3 is 22.6 Å². The fraction of sp³-hybridized carbons (Fsp3) is 0.300. The second kappa shape index (κ2) is 10.2. The van der Waals surface area contributed by atoms with E-state index < -0.39 is 12.4 Å². The van der Waals surface area contributed by atoms with Gasteiger partial charge in [0.15, 0.2) is 0 Å². The highest BCUT2D eigenvalue weighted by Gasteiger charge is 2.32. The van der Waals surface area contributed by atoms with E-state index in [1.54, 1.807) is 11.8 Å². The van der Waals surface area contributed by atoms with E-state index in [2.05, 4.69) is 35.1 Å². The summed E-state index contributed by atoms with van der Waals surface area (Å²) < 4.78 is 46.8. The number of fused-ring (bicyclic) bond motifs is 3. The minimum atomic E-state index is -5.17. The lowest BCUT2D eigenvalue weighted by Gasteiger charge is -2.35. The first-order valence-electron chi connectivity index (χ1n) is 12.8. The van der Waals surface area contributed by atoms with Gasteiger partial charge in [0.1, 0.15) is 6.61 Å². The third kappa shape index (κ3) is 4.79. The Morgan fingerprint density at radius 1 is 0.974 bits per heavy atom. The Balaban J connectivity index is 1.21. The standard InChI is InChI=1S/C30H29BF3N2O2/c1-4-23-20(2)22(17-29(21(23)3)31(32,33)34)18-35-13-15-36(16-14-35)30(37)38-19-28-26-11-7-5-9-24(26)25-10-6-8-12-27(25)28/h1,5-12,17,28H,13-16,18-19H2,2-3H3/q-1. The summed E-state index contributed by atoms with van der Waals surface area (Å²) in [6.07, 6.45) is 5.20. The van der Waals surface area contributed by atoms with Gasteiger partial charge in [-0.3, -0.25) is 4.90 Å². The van der Waals surface area contributed by atoms with Crippen LogP contribution < -0.4 is 5.46 Å². The Morgan fingerprint density at radius 2 is 1.55 bits per heavy atom. The smallest absolute Gasteiger partial charge is 0.448 e. The van der Waals surface area contributed by atoms with Crippen LogP contribution in [0, 0.1) is 26.2 Å². The molecule has 5 rings (SSSR count). The van der Waals surface area contributed by atoms with Crippen molar-refractivity contribution >= 4 is 18.5 Å². The Labute approximate surface area is 221 Å². The topological polar surface area (TPSA) is 32.8 Å². The Bertz CT molecular complexity index is 1380. The Hall–Kier alpha value is -3.70. The molecule has 1 amide bonds. The molecular formula is C30H29BF3N2O2-. The summed E-state index contributed by atoms with van der Waals surface area (Å²) >= 11 is 0. The molecule has 3 aromatic carbocycles. The average Bonchev–Trinajstić information content (AvgIpc) is 3.22. The highest BCUT2D eigenvalue weighted by atomic mass is 19.4. The molecule has 0 unspecified atom stereocenters. The van der Waals surface area contributed by atoms with Crippen molar-refractivity contribution in [3.8, 4) is 23.5 Å². The fourth-order valence-electron chi connectivity index (χ4n) is 5.73. The van der Waals surface area contributed by atoms with E-state index in [0.717, 1.165) is 11.1 Å². The number of halogens is 3. The van der Waals surface area contributed by atoms with Crippen LogP contribution in [-0.2, 0) is 11.3 Å². The normalized spacial score (nSPS) is 15.6. The lowest BCUT2D eigenvalue weighted by Crippen LogP contribution is -2.48. The van der Waals surface area contributed by atoms with Crippen molar-refractivity contribution in [2.75, 3.05) is 32.8 Å². The maximum Gasteiger partial charge on any atom is 0.509 e. The maximum absolute atomic E-state index is 13.7. The van der Waals surface area contributed by atoms with Crippen LogP contribution in [0.2, 0.25) is 0 Å². The highest BCUT2D eigenvalue weighted by Crippen LogP contribution is 2.44. The number of hydrogen-bond donors (Lipinski definition) is 0. The number of hydrogen-bond acceptors (Lipinski definition) is 3. The quantitative estimate of drug-likeness (QED) is 0.336. The first kappa shape index (κ1) is 25.9. The molecule has 1 aliphatic carbocycles. The minimum absolute atomic E-state index is 0.00747. The second-order valence-electron chi connectivity index (χ2n) is 10.0. The number of carbonyl (C=O) groups is 1. The van der Waals surface area contributed by atoms with Crippen molar-refractivity contribution in [3.05, 3.63) is 88.0 Å². The molecule has 0 atom stereocenters. The number of benzene rings is 3. The monoisotopic (exact) mass is 517 g/mol. The van der Waals surface area contributed by atoms with Crippen LogP contribution >= 0.6 is 0 Å². The number of ether oxygens (including phenoxy) is 1. The average molecular weight is 517 g/mol. The predicted molar refractivity (Wildman–Crippen MR) is 144 cm³/mol. The van der Waals surface area contributed by atoms with Crippen molar-refractivity contribution in [3.63, 3.8) is 0 Å². The van der Waals surface area contributed by atoms with Crippen LogP contribution in [0.1, 0.15) is 39.3 Å². The van der Waals surface area contributed by atoms with E-state index >= 15 is 0 Å². The summed E-state index contributed by atoms with van der Waals surface area (Å²) in [6.45, 7) is 0.606. The molecule has 0 N–H and O–H groups in total. The number of piperazine rings is 1. The van der Waals surface area contributed by atoms with Crippen LogP contribution in [0.15, 0.2) is 54.6 Å². The SMILES string of the molecule is C#Cc1c(C)c(CN2CCN(C(=O)OCC3c4ccccc4-c4ccccc43)CC2)cc([B-](F)(F)F)c1C. The zero-order valence-electron chi connectivity index (χ0n) is 21.5. The molecule has 196 valence electrons. The third-order valence-corrected chi connectivity index (χ3v) is 7.85. The second-order valence-corrected chi connectivity index (χ2v) is 10.0. The van der Waals surface area contributed by atoms with Crippen LogP contribution in [0.3, 0.4) is 0 Å². The van der Waals surface area contributed by atoms with Crippen molar-refractivity contribution in [1.29, 1.82) is 0 Å². The van der Waals surface area contributed by atoms with Gasteiger partial charge in [0, 0.05) is 44.2 Å². The van der Waals surface area contributed by atoms with Gasteiger partial charge in [0.2, 0.25) is 0 Å². The van der Waals surface area contributed by atoms with Crippen molar-refractivity contribution in [2.24, 2.45) is 0 Å². The Kier molecular flexibility index (Phi) is 6.98. The third-order valence-electron chi connectivity index (χ3n) is 7.85. The molecule has 0 aromatic heterocycles. The highest BCUT2D eigenvalue weighted by molar-refractivity contribution is 6.74. The molecule has 0 radical (unpaired) electrons. The van der Waals surface area contributed by atoms with E-state index in [9.17, 15) is 17.7 Å². The first-order chi connectivity index (χ1) is 18.2. The largest absolute Gasteiger partial charge is 0.509 e. The van der Waals surface area contributed by atoms with Gasteiger partial charge in [0.25, 0.3) is 0 Å². The number of amides is 1. The number of rotatable bonds is 5. The minimum Gasteiger partial charge on any atom is -0.448 e. The molecule has 1 saturated heterocycles. The van der Waals surface area contributed by atoms with E-state index in [0.29, 0.717) is 49.4 Å². The van der Waals surface area contributed by atoms with Gasteiger partial charge >= 0.3 is 13.1 Å². The molecule has 1 fully saturated rings. The summed E-state index contributed by atoms with van der Waals surface area (Å²) in [4.78, 5) is 16.6. The van der Waals surface area contributed by atoms with Gasteiger partial charge in [-0.15, -0.1) is 11.9 Å². The van der Waals surface area contributed by atoms with Gasteiger partial charge in [-0.1, -0.05) is 66.1 Å². The summed E-state index contributed by atoms with van der Waals surface area (Å²) in [5.41, 5.74) is 5.74. The summed E-state index contributed by atoms with van der Waals surface area (Å²) in [5.74, 6) is 2.44. The number of nitrogens with zero attached hydrogens (tertiary/aromatic N) is 2. The van der Waals surface area contributed by atoms with Gasteiger partial charge in [-0.05, 0) is 47.2 Å². The van der Waals surface area contributed by atoms with E-state index in [-0.39, 0.29) is 24.2 Å². The molecule has 0 spiro atoms. The molecular weight excluding hydrogens is 488 g/mol. The van der Waals surface area contributed by atoms with Crippen LogP contribution in [0.5, 0.6) is 0 Å². The maximum atomic E-state index is 13.7. The van der Waals surface area contributed by atoms with Crippen molar-refractivity contribution in [1.82, 2.24) is 9.80 Å². The van der Waals surface area contributed by atoms with Crippen molar-refractivity contribution < 1.29 is 22.5 Å². The van der Waals surface area contributed by atoms with Gasteiger partial charge in [-0.25, -0.2) is 4.79 Å². The molecule has 8 heteroatoms. The number of carbonyl (C=O) groups excluding carboxylic acids is 1. The summed E-state index contributed by atoms with van der Waals surface area (Å²) in [6, 6.07) is 17.6. The first-order valence-corrected chi connectivity index (χ1v) is 12.8. The summed E-state index contributed by atoms with van der Waals surface area (Å²) in [7, 11) is 0. The molecule has 2 aliphatic rings. The van der Waals surface area contributed by atoms with Crippen LogP contribution in [-0.4, -0.2) is 55.7 Å². The zero-order chi connectivity index (χ0) is 27.0. The van der Waals surface area contributed by atoms with Crippen molar-refractivity contribution in [2.45, 2.75) is 26.3 Å². The Morgan fingerprint density at radius 3 is 2.11 bits per heavy atom. The van der Waals surface area contributed by atoms with Gasteiger partial charge in [0.05, 0.1) is 0 Å². The summed E-state index contributed by atoms with van der Waals surface area (Å²) in [5, 5.41) is 0. The van der Waals surface area contributed by atoms with Crippen LogP contribution in [0.25, 0.3) is 11.1 Å².